The van der Waals surface area contributed by atoms with E-state index in [0.29, 0.717) is 45.2 Å². The van der Waals surface area contributed by atoms with Gasteiger partial charge in [-0.25, -0.2) is 0 Å². The Bertz CT molecular complexity index is 183. The van der Waals surface area contributed by atoms with Crippen molar-refractivity contribution in [3.63, 3.8) is 0 Å². The number of hydrogen-bond acceptors (Lipinski definition) is 4. The molecule has 0 fully saturated rings. The quantitative estimate of drug-likeness (QED) is 0.551. The molecule has 0 spiro atoms. The highest BCUT2D eigenvalue weighted by atomic mass is 16.5. The van der Waals surface area contributed by atoms with Gasteiger partial charge in [0.05, 0.1) is 51.4 Å². The van der Waals surface area contributed by atoms with Crippen LogP contribution in [0.25, 0.3) is 0 Å². The van der Waals surface area contributed by atoms with Crippen LogP contribution in [0.1, 0.15) is 19.8 Å². The van der Waals surface area contributed by atoms with E-state index >= 15 is 0 Å². The number of rotatable bonds is 8. The van der Waals surface area contributed by atoms with Crippen molar-refractivity contribution in [1.29, 1.82) is 10.5 Å². The van der Waals surface area contributed by atoms with Gasteiger partial charge in [0, 0.05) is 5.92 Å². The van der Waals surface area contributed by atoms with Gasteiger partial charge < -0.3 is 9.47 Å². The second kappa shape index (κ2) is 9.98. The summed E-state index contributed by atoms with van der Waals surface area (Å²) in [5, 5.41) is 16.5. The Morgan fingerprint density at radius 2 is 1.43 bits per heavy atom. The molecule has 0 radical (unpaired) electrons. The maximum absolute atomic E-state index is 8.25. The first-order valence-corrected chi connectivity index (χ1v) is 4.70. The molecule has 0 unspecified atom stereocenters. The zero-order valence-corrected chi connectivity index (χ0v) is 8.53. The Balaban J connectivity index is 3.16. The van der Waals surface area contributed by atoms with E-state index < -0.39 is 0 Å². The number of hydrogen-bond donors (Lipinski definition) is 0. The van der Waals surface area contributed by atoms with E-state index in [2.05, 4.69) is 0 Å². The monoisotopic (exact) mass is 196 g/mol. The summed E-state index contributed by atoms with van der Waals surface area (Å²) in [6.45, 7) is 4.19. The molecule has 0 atom stereocenters. The number of nitriles is 2. The van der Waals surface area contributed by atoms with Crippen LogP contribution in [-0.2, 0) is 9.47 Å². The van der Waals surface area contributed by atoms with Gasteiger partial charge in [0.15, 0.2) is 0 Å². The highest BCUT2D eigenvalue weighted by Gasteiger charge is 2.01. The van der Waals surface area contributed by atoms with Gasteiger partial charge in [-0.05, 0) is 0 Å². The van der Waals surface area contributed by atoms with E-state index in [-0.39, 0.29) is 0 Å². The lowest BCUT2D eigenvalue weighted by Crippen LogP contribution is -2.13. The van der Waals surface area contributed by atoms with Gasteiger partial charge in [0.1, 0.15) is 0 Å². The fourth-order valence-electron chi connectivity index (χ4n) is 0.853. The van der Waals surface area contributed by atoms with Gasteiger partial charge in [0.2, 0.25) is 0 Å². The predicted octanol–water partition coefficient (Wildman–Crippen LogP) is 1.48. The third kappa shape index (κ3) is 8.99. The molecule has 0 bridgehead atoms. The SMILES string of the molecule is CC(COCCC#N)COCCC#N. The molecule has 0 aliphatic heterocycles. The molecule has 4 nitrogen and oxygen atoms in total. The summed E-state index contributed by atoms with van der Waals surface area (Å²) < 4.78 is 10.5. The van der Waals surface area contributed by atoms with Crippen molar-refractivity contribution in [1.82, 2.24) is 0 Å². The molecule has 78 valence electrons. The minimum absolute atomic E-state index is 0.312. The van der Waals surface area contributed by atoms with Crippen molar-refractivity contribution in [3.05, 3.63) is 0 Å². The molecule has 0 aliphatic rings. The molecule has 4 heteroatoms. The predicted molar refractivity (Wildman–Crippen MR) is 51.3 cm³/mol. The van der Waals surface area contributed by atoms with Crippen molar-refractivity contribution >= 4 is 0 Å². The molecule has 0 aliphatic carbocycles. The van der Waals surface area contributed by atoms with Crippen LogP contribution in [0.5, 0.6) is 0 Å². The summed E-state index contributed by atoms with van der Waals surface area (Å²) in [5.41, 5.74) is 0. The molecule has 0 heterocycles. The Morgan fingerprint density at radius 3 is 1.79 bits per heavy atom. The molecule has 14 heavy (non-hydrogen) atoms. The van der Waals surface area contributed by atoms with Crippen molar-refractivity contribution in [2.45, 2.75) is 19.8 Å². The second-order valence-corrected chi connectivity index (χ2v) is 3.07. The maximum atomic E-state index is 8.25. The van der Waals surface area contributed by atoms with Crippen LogP contribution < -0.4 is 0 Å². The lowest BCUT2D eigenvalue weighted by atomic mass is 10.2. The van der Waals surface area contributed by atoms with E-state index in [0.717, 1.165) is 0 Å². The highest BCUT2D eigenvalue weighted by Crippen LogP contribution is 1.97. The first kappa shape index (κ1) is 12.9. The van der Waals surface area contributed by atoms with Crippen LogP contribution in [0.2, 0.25) is 0 Å². The standard InChI is InChI=1S/C10H16N2O2/c1-10(8-13-6-2-4-11)9-14-7-3-5-12/h10H,2-3,6-9H2,1H3. The van der Waals surface area contributed by atoms with Gasteiger partial charge in [0.25, 0.3) is 0 Å². The van der Waals surface area contributed by atoms with Crippen LogP contribution in [0, 0.1) is 28.6 Å². The van der Waals surface area contributed by atoms with Gasteiger partial charge >= 0.3 is 0 Å². The van der Waals surface area contributed by atoms with E-state index in [9.17, 15) is 0 Å². The molecule has 0 amide bonds. The smallest absolute Gasteiger partial charge is 0.0645 e. The molecule has 0 aromatic carbocycles. The van der Waals surface area contributed by atoms with Gasteiger partial charge in [-0.15, -0.1) is 0 Å². The molecule has 0 saturated heterocycles. The zero-order chi connectivity index (χ0) is 10.6. The fraction of sp³-hybridized carbons (Fsp3) is 0.800. The second-order valence-electron chi connectivity index (χ2n) is 3.07. The van der Waals surface area contributed by atoms with Crippen LogP contribution in [0.15, 0.2) is 0 Å². The molecule has 0 aromatic rings. The summed E-state index contributed by atoms with van der Waals surface area (Å²) in [6.07, 6.45) is 0.865. The third-order valence-electron chi connectivity index (χ3n) is 1.52. The van der Waals surface area contributed by atoms with Crippen LogP contribution in [0.4, 0.5) is 0 Å². The van der Waals surface area contributed by atoms with Gasteiger partial charge in [-0.1, -0.05) is 6.92 Å². The normalized spacial score (nSPS) is 9.71. The van der Waals surface area contributed by atoms with Gasteiger partial charge in [-0.3, -0.25) is 0 Å². The maximum Gasteiger partial charge on any atom is 0.0645 e. The molecule has 0 saturated carbocycles. The summed E-state index contributed by atoms with van der Waals surface area (Å²) in [6, 6.07) is 4.02. The van der Waals surface area contributed by atoms with Crippen LogP contribution in [0.3, 0.4) is 0 Å². The molecule has 0 aromatic heterocycles. The lowest BCUT2D eigenvalue weighted by molar-refractivity contribution is 0.0496. The average Bonchev–Trinajstić information content (AvgIpc) is 2.19. The van der Waals surface area contributed by atoms with Crippen molar-refractivity contribution in [3.8, 4) is 12.1 Å². The van der Waals surface area contributed by atoms with Crippen molar-refractivity contribution < 1.29 is 9.47 Å². The fourth-order valence-corrected chi connectivity index (χ4v) is 0.853. The minimum Gasteiger partial charge on any atom is -0.380 e. The number of nitrogens with zero attached hydrogens (tertiary/aromatic N) is 2. The number of ether oxygens (including phenoxy) is 2. The summed E-state index contributed by atoms with van der Waals surface area (Å²) in [7, 11) is 0. The average molecular weight is 196 g/mol. The molecular weight excluding hydrogens is 180 g/mol. The van der Waals surface area contributed by atoms with E-state index in [1.807, 2.05) is 19.1 Å². The summed E-state index contributed by atoms with van der Waals surface area (Å²) >= 11 is 0. The van der Waals surface area contributed by atoms with Crippen molar-refractivity contribution in [2.24, 2.45) is 5.92 Å². The first-order valence-electron chi connectivity index (χ1n) is 4.70. The van der Waals surface area contributed by atoms with Crippen LogP contribution >= 0.6 is 0 Å². The van der Waals surface area contributed by atoms with E-state index in [1.165, 1.54) is 0 Å². The Labute approximate surface area is 85.0 Å². The Morgan fingerprint density at radius 1 is 1.00 bits per heavy atom. The highest BCUT2D eigenvalue weighted by molar-refractivity contribution is 4.68. The largest absolute Gasteiger partial charge is 0.380 e. The Kier molecular flexibility index (Phi) is 9.20. The minimum atomic E-state index is 0.312. The first-order chi connectivity index (χ1) is 6.81. The van der Waals surface area contributed by atoms with Crippen LogP contribution in [-0.4, -0.2) is 26.4 Å². The van der Waals surface area contributed by atoms with Crippen molar-refractivity contribution in [2.75, 3.05) is 26.4 Å². The molecule has 0 rings (SSSR count). The summed E-state index contributed by atoms with van der Waals surface area (Å²) in [4.78, 5) is 0. The Hall–Kier alpha value is -1.10. The zero-order valence-electron chi connectivity index (χ0n) is 8.53. The lowest BCUT2D eigenvalue weighted by Gasteiger charge is -2.10. The third-order valence-corrected chi connectivity index (χ3v) is 1.52. The molecule has 0 N–H and O–H groups in total. The van der Waals surface area contributed by atoms with E-state index in [1.54, 1.807) is 0 Å². The summed E-state index contributed by atoms with van der Waals surface area (Å²) in [5.74, 6) is 0.312. The molecular formula is C10H16N2O2. The topological polar surface area (TPSA) is 66.0 Å². The van der Waals surface area contributed by atoms with Gasteiger partial charge in [-0.2, -0.15) is 10.5 Å². The van der Waals surface area contributed by atoms with E-state index in [4.69, 9.17) is 20.0 Å².